The van der Waals surface area contributed by atoms with Crippen LogP contribution in [0, 0.1) is 17.8 Å². The number of ketones is 1. The summed E-state index contributed by atoms with van der Waals surface area (Å²) in [4.78, 5) is 40.5. The molecule has 0 unspecified atom stereocenters. The number of aliphatic hydroxyl groups excluding tert-OH is 1. The Morgan fingerprint density at radius 1 is 1.00 bits per heavy atom. The smallest absolute Gasteiger partial charge is 0.315 e. The Balaban J connectivity index is 1.09. The van der Waals surface area contributed by atoms with Crippen LogP contribution >= 0.6 is 11.8 Å². The minimum atomic E-state index is -0.275. The summed E-state index contributed by atoms with van der Waals surface area (Å²) in [6.07, 6.45) is 9.79. The molecular formula is C32H50N4O8S. The van der Waals surface area contributed by atoms with Crippen molar-refractivity contribution in [3.63, 3.8) is 0 Å². The van der Waals surface area contributed by atoms with Crippen LogP contribution in [0.1, 0.15) is 58.8 Å². The zero-order valence-electron chi connectivity index (χ0n) is 26.7. The second-order valence-electron chi connectivity index (χ2n) is 12.1. The Bertz CT molecular complexity index is 1090. The number of aliphatic hydroxyl groups is 1. The fourth-order valence-corrected chi connectivity index (χ4v) is 7.14. The maximum absolute atomic E-state index is 12.6. The van der Waals surface area contributed by atoms with E-state index in [0.29, 0.717) is 96.0 Å². The molecule has 0 aromatic rings. The molecule has 0 aromatic carbocycles. The van der Waals surface area contributed by atoms with E-state index in [1.165, 1.54) is 0 Å². The molecule has 1 aliphatic carbocycles. The monoisotopic (exact) mass is 650 g/mol. The molecule has 3 amide bonds. The molecule has 45 heavy (non-hydrogen) atoms. The van der Waals surface area contributed by atoms with Crippen LogP contribution in [0.5, 0.6) is 0 Å². The summed E-state index contributed by atoms with van der Waals surface area (Å²) in [6, 6.07) is 0.386. The van der Waals surface area contributed by atoms with Crippen molar-refractivity contribution < 1.29 is 38.4 Å². The van der Waals surface area contributed by atoms with Crippen molar-refractivity contribution in [3.05, 3.63) is 11.3 Å². The summed E-state index contributed by atoms with van der Waals surface area (Å²) in [5.74, 6) is 3.39. The highest BCUT2D eigenvalue weighted by Crippen LogP contribution is 2.36. The lowest BCUT2D eigenvalue weighted by atomic mass is 9.75. The Morgan fingerprint density at radius 3 is 2.33 bits per heavy atom. The van der Waals surface area contributed by atoms with Crippen molar-refractivity contribution in [2.24, 2.45) is 10.4 Å². The molecule has 2 heterocycles. The zero-order chi connectivity index (χ0) is 32.5. The molecule has 12 nitrogen and oxygen atoms in total. The number of carbonyl (C=O) groups is 3. The molecule has 2 aliphatic heterocycles. The van der Waals surface area contributed by atoms with Gasteiger partial charge in [0.15, 0.2) is 5.78 Å². The number of Topliss-reactive ketones (excluding diaryl/α,β-unsaturated/α-hetero) is 1. The number of terminal acetylenes is 1. The first-order valence-corrected chi connectivity index (χ1v) is 16.9. The average Bonchev–Trinajstić information content (AvgIpc) is 3.53. The highest BCUT2D eigenvalue weighted by molar-refractivity contribution is 8.00. The van der Waals surface area contributed by atoms with Gasteiger partial charge < -0.3 is 40.0 Å². The van der Waals surface area contributed by atoms with Crippen molar-refractivity contribution in [2.75, 3.05) is 71.7 Å². The van der Waals surface area contributed by atoms with Crippen LogP contribution in [0.3, 0.4) is 0 Å². The van der Waals surface area contributed by atoms with Crippen LogP contribution in [0.25, 0.3) is 0 Å². The van der Waals surface area contributed by atoms with E-state index < -0.39 is 0 Å². The van der Waals surface area contributed by atoms with Gasteiger partial charge in [-0.05, 0) is 18.3 Å². The maximum atomic E-state index is 12.6. The molecule has 0 aromatic heterocycles. The third-order valence-electron chi connectivity index (χ3n) is 7.75. The number of nitrogens with one attached hydrogen (secondary N) is 3. The number of amides is 3. The van der Waals surface area contributed by atoms with Crippen molar-refractivity contribution in [2.45, 2.75) is 76.1 Å². The minimum absolute atomic E-state index is 0.0290. The van der Waals surface area contributed by atoms with E-state index in [1.54, 1.807) is 0 Å². The maximum Gasteiger partial charge on any atom is 0.315 e. The third kappa shape index (κ3) is 13.3. The standard InChI is InChI=1S/C32H50N4O8S/c1-4-10-33-23(29-25(37)20-32(2,3)21-26(29)38)9-12-41-14-16-43-18-19-44-17-15-42-13-11-34-28(39)8-6-5-7-27-30-24(22-45-27)35-31(40)36-30/h1,24,27,30,37H,5-22H2,2-3H3,(H,34,39)(H2,35,36,40)/t24-,27-,30-/m0/s1. The van der Waals surface area contributed by atoms with Crippen LogP contribution in [-0.2, 0) is 28.5 Å². The van der Waals surface area contributed by atoms with E-state index in [4.69, 9.17) is 25.4 Å². The van der Waals surface area contributed by atoms with E-state index in [9.17, 15) is 19.5 Å². The van der Waals surface area contributed by atoms with Gasteiger partial charge in [-0.1, -0.05) is 26.2 Å². The molecule has 2 saturated heterocycles. The number of carbonyl (C=O) groups excluding carboxylic acids is 3. The van der Waals surface area contributed by atoms with Gasteiger partial charge in [0.1, 0.15) is 5.76 Å². The van der Waals surface area contributed by atoms with E-state index in [2.05, 4.69) is 26.9 Å². The molecule has 2 fully saturated rings. The van der Waals surface area contributed by atoms with Gasteiger partial charge in [-0.15, -0.1) is 6.42 Å². The van der Waals surface area contributed by atoms with Crippen LogP contribution in [0.4, 0.5) is 4.79 Å². The summed E-state index contributed by atoms with van der Waals surface area (Å²) in [6.45, 7) is 7.75. The quantitative estimate of drug-likeness (QED) is 0.0599. The van der Waals surface area contributed by atoms with E-state index >= 15 is 0 Å². The number of thioether (sulfide) groups is 1. The second-order valence-corrected chi connectivity index (χ2v) is 13.4. The Morgan fingerprint density at radius 2 is 1.67 bits per heavy atom. The first-order chi connectivity index (χ1) is 21.7. The fourth-order valence-electron chi connectivity index (χ4n) is 5.60. The molecule has 0 bridgehead atoms. The van der Waals surface area contributed by atoms with Gasteiger partial charge in [0.25, 0.3) is 0 Å². The highest BCUT2D eigenvalue weighted by atomic mass is 32.2. The van der Waals surface area contributed by atoms with Crippen molar-refractivity contribution in [3.8, 4) is 12.3 Å². The Labute approximate surface area is 271 Å². The van der Waals surface area contributed by atoms with Gasteiger partial charge in [-0.25, -0.2) is 4.79 Å². The molecule has 3 atom stereocenters. The molecule has 4 N–H and O–H groups in total. The third-order valence-corrected chi connectivity index (χ3v) is 9.26. The summed E-state index contributed by atoms with van der Waals surface area (Å²) < 4.78 is 22.2. The summed E-state index contributed by atoms with van der Waals surface area (Å²) >= 11 is 1.89. The van der Waals surface area contributed by atoms with Crippen molar-refractivity contribution >= 4 is 35.2 Å². The summed E-state index contributed by atoms with van der Waals surface area (Å²) in [5, 5.41) is 19.7. The number of rotatable bonds is 22. The lowest BCUT2D eigenvalue weighted by Crippen LogP contribution is -2.36. The van der Waals surface area contributed by atoms with E-state index in [1.807, 2.05) is 25.6 Å². The van der Waals surface area contributed by atoms with Gasteiger partial charge in [0.2, 0.25) is 5.91 Å². The molecule has 3 aliphatic rings. The number of aliphatic imine (C=N–C) groups is 1. The molecule has 3 rings (SSSR count). The SMILES string of the molecule is C#CCN=C(CCOCCOCCOCCOCCNC(=O)CCCC[C@@H]1SC[C@@H]2NC(=O)N[C@@H]21)C1=C(O)CC(C)(C)CC1=O. The van der Waals surface area contributed by atoms with Gasteiger partial charge in [-0.2, -0.15) is 11.8 Å². The van der Waals surface area contributed by atoms with E-state index in [0.717, 1.165) is 25.0 Å². The number of ether oxygens (including phenoxy) is 4. The molecule has 0 spiro atoms. The molecule has 0 radical (unpaired) electrons. The van der Waals surface area contributed by atoms with Crippen LogP contribution < -0.4 is 16.0 Å². The first kappa shape index (κ1) is 36.8. The van der Waals surface area contributed by atoms with Gasteiger partial charge in [0, 0.05) is 43.2 Å². The summed E-state index contributed by atoms with van der Waals surface area (Å²) in [7, 11) is 0. The molecule has 13 heteroatoms. The van der Waals surface area contributed by atoms with Crippen LogP contribution in [0.2, 0.25) is 0 Å². The van der Waals surface area contributed by atoms with Gasteiger partial charge in [-0.3, -0.25) is 14.6 Å². The molecule has 0 saturated carbocycles. The molecule has 252 valence electrons. The minimum Gasteiger partial charge on any atom is -0.511 e. The number of hydrogen-bond acceptors (Lipinski definition) is 10. The highest BCUT2D eigenvalue weighted by Gasteiger charge is 2.42. The average molecular weight is 651 g/mol. The summed E-state index contributed by atoms with van der Waals surface area (Å²) in [5.41, 5.74) is 0.505. The lowest BCUT2D eigenvalue weighted by Gasteiger charge is -2.30. The number of unbranched alkanes of at least 4 members (excludes halogenated alkanes) is 1. The Hall–Kier alpha value is -2.63. The first-order valence-electron chi connectivity index (χ1n) is 15.9. The van der Waals surface area contributed by atoms with Crippen LogP contribution in [-0.4, -0.2) is 118 Å². The molecular weight excluding hydrogens is 600 g/mol. The fraction of sp³-hybridized carbons (Fsp3) is 0.750. The number of allylic oxidation sites excluding steroid dienone is 2. The number of fused-ring (bicyclic) bond motifs is 1. The second kappa shape index (κ2) is 19.8. The predicted octanol–water partition coefficient (Wildman–Crippen LogP) is 2.56. The van der Waals surface area contributed by atoms with Crippen molar-refractivity contribution in [1.82, 2.24) is 16.0 Å². The van der Waals surface area contributed by atoms with Gasteiger partial charge in [0.05, 0.1) is 82.8 Å². The predicted molar refractivity (Wildman–Crippen MR) is 174 cm³/mol. The number of hydrogen-bond donors (Lipinski definition) is 4. The largest absolute Gasteiger partial charge is 0.511 e. The number of nitrogens with zero attached hydrogens (tertiary/aromatic N) is 1. The normalized spacial score (nSPS) is 22.6. The lowest BCUT2D eigenvalue weighted by molar-refractivity contribution is -0.121. The van der Waals surface area contributed by atoms with Crippen LogP contribution in [0.15, 0.2) is 16.3 Å². The van der Waals surface area contributed by atoms with Gasteiger partial charge >= 0.3 is 6.03 Å². The Kier molecular flexibility index (Phi) is 16.2. The van der Waals surface area contributed by atoms with E-state index in [-0.39, 0.29) is 53.1 Å². The number of urea groups is 1. The zero-order valence-corrected chi connectivity index (χ0v) is 27.5. The van der Waals surface area contributed by atoms with Crippen molar-refractivity contribution in [1.29, 1.82) is 0 Å². The topological polar surface area (TPSA) is 157 Å².